The Bertz CT molecular complexity index is 561. The van der Waals surface area contributed by atoms with Crippen LogP contribution in [-0.4, -0.2) is 21.7 Å². The summed E-state index contributed by atoms with van der Waals surface area (Å²) in [5, 5.41) is 4.04. The van der Waals surface area contributed by atoms with Crippen LogP contribution in [0.25, 0.3) is 11.5 Å². The largest absolute Gasteiger partial charge is 0.339 e. The highest BCUT2D eigenvalue weighted by atomic mass is 79.9. The highest BCUT2D eigenvalue weighted by Gasteiger charge is 2.26. The fraction of sp³-hybridized carbons (Fsp3) is 0.500. The summed E-state index contributed by atoms with van der Waals surface area (Å²) >= 11 is 3.36. The summed E-state index contributed by atoms with van der Waals surface area (Å²) in [6.45, 7) is 0.782. The first-order valence-corrected chi connectivity index (χ1v) is 7.71. The van der Waals surface area contributed by atoms with Crippen molar-refractivity contribution in [1.29, 1.82) is 0 Å². The molecule has 2 aromatic rings. The minimum Gasteiger partial charge on any atom is -0.339 e. The number of nitrogens with two attached hydrogens (primary N) is 1. The molecule has 106 valence electrons. The van der Waals surface area contributed by atoms with E-state index >= 15 is 0 Å². The number of nitrogens with zero attached hydrogens (tertiary/aromatic N) is 3. The fourth-order valence-corrected chi connectivity index (χ4v) is 2.89. The van der Waals surface area contributed by atoms with E-state index in [1.54, 1.807) is 6.20 Å². The van der Waals surface area contributed by atoms with Gasteiger partial charge in [-0.1, -0.05) is 5.16 Å². The van der Waals surface area contributed by atoms with Gasteiger partial charge < -0.3 is 10.3 Å². The van der Waals surface area contributed by atoms with Gasteiger partial charge in [0.05, 0.1) is 0 Å². The van der Waals surface area contributed by atoms with E-state index in [0.29, 0.717) is 17.7 Å². The zero-order valence-corrected chi connectivity index (χ0v) is 12.7. The molecule has 1 saturated carbocycles. The molecule has 3 rings (SSSR count). The maximum absolute atomic E-state index is 5.72. The van der Waals surface area contributed by atoms with Gasteiger partial charge in [-0.15, -0.1) is 0 Å². The number of aromatic nitrogens is 3. The molecule has 0 aromatic carbocycles. The number of halogens is 1. The van der Waals surface area contributed by atoms with Gasteiger partial charge in [0.15, 0.2) is 0 Å². The van der Waals surface area contributed by atoms with Crippen molar-refractivity contribution < 1.29 is 4.52 Å². The minimum absolute atomic E-state index is 0.370. The number of rotatable bonds is 3. The third-order valence-electron chi connectivity index (χ3n) is 3.93. The van der Waals surface area contributed by atoms with Gasteiger partial charge in [0, 0.05) is 16.6 Å². The number of hydrogen-bond donors (Lipinski definition) is 1. The molecule has 0 radical (unpaired) electrons. The second-order valence-electron chi connectivity index (χ2n) is 5.27. The summed E-state index contributed by atoms with van der Waals surface area (Å²) in [6, 6.07) is 3.80. The maximum atomic E-state index is 5.72. The molecular weight excluding hydrogens is 320 g/mol. The lowest BCUT2D eigenvalue weighted by Crippen LogP contribution is -2.20. The molecule has 20 heavy (non-hydrogen) atoms. The van der Waals surface area contributed by atoms with Gasteiger partial charge in [0.25, 0.3) is 0 Å². The molecule has 1 aliphatic rings. The molecule has 0 bridgehead atoms. The third-order valence-corrected chi connectivity index (χ3v) is 4.40. The van der Waals surface area contributed by atoms with E-state index in [1.807, 2.05) is 12.1 Å². The first-order chi connectivity index (χ1) is 9.76. The second kappa shape index (κ2) is 6.01. The molecule has 0 spiro atoms. The maximum Gasteiger partial charge on any atom is 0.230 e. The molecule has 0 saturated heterocycles. The van der Waals surface area contributed by atoms with Gasteiger partial charge in [-0.2, -0.15) is 4.98 Å². The van der Waals surface area contributed by atoms with E-state index in [1.165, 1.54) is 0 Å². The normalized spacial score (nSPS) is 22.9. The van der Waals surface area contributed by atoms with Crippen molar-refractivity contribution in [2.24, 2.45) is 11.7 Å². The van der Waals surface area contributed by atoms with Crippen LogP contribution >= 0.6 is 15.9 Å². The van der Waals surface area contributed by atoms with Gasteiger partial charge in [-0.05, 0) is 66.2 Å². The molecule has 6 heteroatoms. The summed E-state index contributed by atoms with van der Waals surface area (Å²) in [4.78, 5) is 8.78. The Morgan fingerprint density at radius 1 is 1.25 bits per heavy atom. The lowest BCUT2D eigenvalue weighted by Gasteiger charge is -2.24. The summed E-state index contributed by atoms with van der Waals surface area (Å²) in [5.41, 5.74) is 6.45. The molecule has 2 heterocycles. The van der Waals surface area contributed by atoms with E-state index < -0.39 is 0 Å². The third kappa shape index (κ3) is 2.91. The summed E-state index contributed by atoms with van der Waals surface area (Å²) in [6.07, 6.45) is 6.19. The summed E-state index contributed by atoms with van der Waals surface area (Å²) < 4.78 is 6.35. The Morgan fingerprint density at radius 2 is 2.05 bits per heavy atom. The Labute approximate surface area is 126 Å². The molecule has 2 N–H and O–H groups in total. The molecule has 0 aliphatic heterocycles. The van der Waals surface area contributed by atoms with Gasteiger partial charge in [-0.25, -0.2) is 0 Å². The summed E-state index contributed by atoms with van der Waals surface area (Å²) in [5.74, 6) is 2.32. The van der Waals surface area contributed by atoms with E-state index in [2.05, 4.69) is 31.1 Å². The van der Waals surface area contributed by atoms with Crippen LogP contribution < -0.4 is 5.73 Å². The average Bonchev–Trinajstić information content (AvgIpc) is 2.98. The second-order valence-corrected chi connectivity index (χ2v) is 6.19. The molecule has 1 aliphatic carbocycles. The van der Waals surface area contributed by atoms with Crippen molar-refractivity contribution >= 4 is 15.9 Å². The predicted octanol–water partition coefficient (Wildman–Crippen LogP) is 3.13. The van der Waals surface area contributed by atoms with Crippen LogP contribution in [0.15, 0.2) is 27.3 Å². The molecule has 5 nitrogen and oxygen atoms in total. The number of hydrogen-bond acceptors (Lipinski definition) is 5. The summed E-state index contributed by atoms with van der Waals surface area (Å²) in [7, 11) is 0. The molecule has 0 atom stereocenters. The monoisotopic (exact) mass is 336 g/mol. The highest BCUT2D eigenvalue weighted by molar-refractivity contribution is 9.10. The average molecular weight is 337 g/mol. The van der Waals surface area contributed by atoms with Crippen molar-refractivity contribution in [3.8, 4) is 11.5 Å². The Balaban J connectivity index is 1.72. The lowest BCUT2D eigenvalue weighted by molar-refractivity contribution is 0.275. The first-order valence-electron chi connectivity index (χ1n) is 6.92. The van der Waals surface area contributed by atoms with Crippen molar-refractivity contribution in [2.75, 3.05) is 6.54 Å². The SMILES string of the molecule is NCC1CCC(c2nc(-c3ccc(Br)cn3)no2)CC1. The van der Waals surface area contributed by atoms with Crippen LogP contribution in [0, 0.1) is 5.92 Å². The highest BCUT2D eigenvalue weighted by Crippen LogP contribution is 2.35. The topological polar surface area (TPSA) is 77.8 Å². The van der Waals surface area contributed by atoms with Crippen LogP contribution in [-0.2, 0) is 0 Å². The van der Waals surface area contributed by atoms with Crippen molar-refractivity contribution in [1.82, 2.24) is 15.1 Å². The van der Waals surface area contributed by atoms with E-state index in [0.717, 1.165) is 48.3 Å². The van der Waals surface area contributed by atoms with Gasteiger partial charge in [0.1, 0.15) is 5.69 Å². The van der Waals surface area contributed by atoms with Crippen molar-refractivity contribution in [3.05, 3.63) is 28.7 Å². The predicted molar refractivity (Wildman–Crippen MR) is 79.0 cm³/mol. The van der Waals surface area contributed by atoms with E-state index in [9.17, 15) is 0 Å². The smallest absolute Gasteiger partial charge is 0.230 e. The molecule has 0 amide bonds. The van der Waals surface area contributed by atoms with Crippen molar-refractivity contribution in [2.45, 2.75) is 31.6 Å². The van der Waals surface area contributed by atoms with Crippen LogP contribution in [0.5, 0.6) is 0 Å². The lowest BCUT2D eigenvalue weighted by atomic mass is 9.82. The van der Waals surface area contributed by atoms with E-state index in [4.69, 9.17) is 10.3 Å². The van der Waals surface area contributed by atoms with Crippen LogP contribution in [0.1, 0.15) is 37.5 Å². The first kappa shape index (κ1) is 13.7. The quantitative estimate of drug-likeness (QED) is 0.931. The van der Waals surface area contributed by atoms with Gasteiger partial charge >= 0.3 is 0 Å². The zero-order chi connectivity index (χ0) is 13.9. The van der Waals surface area contributed by atoms with Crippen LogP contribution in [0.2, 0.25) is 0 Å². The standard InChI is InChI=1S/C14H17BrN4O/c15-11-5-6-12(17-8-11)13-18-14(20-19-13)10-3-1-9(7-16)2-4-10/h5-6,8-10H,1-4,7,16H2. The van der Waals surface area contributed by atoms with Gasteiger partial charge in [-0.3, -0.25) is 4.98 Å². The molecule has 2 aromatic heterocycles. The van der Waals surface area contributed by atoms with Crippen LogP contribution in [0.3, 0.4) is 0 Å². The van der Waals surface area contributed by atoms with Crippen molar-refractivity contribution in [3.63, 3.8) is 0 Å². The molecule has 1 fully saturated rings. The Kier molecular flexibility index (Phi) is 4.12. The fourth-order valence-electron chi connectivity index (χ4n) is 2.66. The van der Waals surface area contributed by atoms with Gasteiger partial charge in [0.2, 0.25) is 11.7 Å². The zero-order valence-electron chi connectivity index (χ0n) is 11.1. The van der Waals surface area contributed by atoms with Crippen LogP contribution in [0.4, 0.5) is 0 Å². The Hall–Kier alpha value is -1.27. The molecular formula is C14H17BrN4O. The minimum atomic E-state index is 0.370. The number of pyridine rings is 1. The Morgan fingerprint density at radius 3 is 2.70 bits per heavy atom. The molecule has 0 unspecified atom stereocenters. The van der Waals surface area contributed by atoms with E-state index in [-0.39, 0.29) is 0 Å².